The van der Waals surface area contributed by atoms with Gasteiger partial charge in [0.15, 0.2) is 0 Å². The third-order valence-electron chi connectivity index (χ3n) is 5.68. The predicted molar refractivity (Wildman–Crippen MR) is 132 cm³/mol. The topological polar surface area (TPSA) is 68.2 Å². The lowest BCUT2D eigenvalue weighted by Gasteiger charge is -2.30. The van der Waals surface area contributed by atoms with Crippen molar-refractivity contribution in [2.45, 2.75) is 19.9 Å². The van der Waals surface area contributed by atoms with E-state index in [-0.39, 0.29) is 11.9 Å². The van der Waals surface area contributed by atoms with Gasteiger partial charge in [0.1, 0.15) is 5.75 Å². The molecule has 3 aromatic carbocycles. The van der Waals surface area contributed by atoms with Crippen LogP contribution in [0.4, 0.5) is 11.6 Å². The van der Waals surface area contributed by atoms with Crippen molar-refractivity contribution in [3.63, 3.8) is 0 Å². The third kappa shape index (κ3) is 3.94. The number of amides is 1. The highest BCUT2D eigenvalue weighted by Gasteiger charge is 2.34. The largest absolute Gasteiger partial charge is 0.494 e. The molecule has 33 heavy (non-hydrogen) atoms. The number of hydrogen-bond donors (Lipinski definition) is 2. The Bertz CT molecular complexity index is 1360. The van der Waals surface area contributed by atoms with E-state index in [1.807, 2.05) is 62.4 Å². The number of ether oxygens (including phenoxy) is 1. The number of carbonyl (C=O) groups excluding carboxylic acids is 1. The maximum Gasteiger partial charge on any atom is 0.255 e. The molecule has 1 aromatic heterocycles. The summed E-state index contributed by atoms with van der Waals surface area (Å²) in [6.07, 6.45) is 0. The van der Waals surface area contributed by atoms with Crippen LogP contribution in [0.15, 0.2) is 84.1 Å². The summed E-state index contributed by atoms with van der Waals surface area (Å²) in [5, 5.41) is 6.96. The molecule has 0 saturated heterocycles. The number of aromatic nitrogens is 2. The summed E-state index contributed by atoms with van der Waals surface area (Å²) in [5.74, 6) is 1.30. The normalized spacial score (nSPS) is 15.2. The van der Waals surface area contributed by atoms with Crippen molar-refractivity contribution < 1.29 is 9.53 Å². The van der Waals surface area contributed by atoms with Crippen molar-refractivity contribution in [1.29, 1.82) is 0 Å². The van der Waals surface area contributed by atoms with Gasteiger partial charge in [-0.15, -0.1) is 0 Å². The lowest BCUT2D eigenvalue weighted by atomic mass is 9.94. The Morgan fingerprint density at radius 1 is 1.09 bits per heavy atom. The zero-order chi connectivity index (χ0) is 22.9. The molecule has 5 rings (SSSR count). The van der Waals surface area contributed by atoms with Crippen LogP contribution in [0.3, 0.4) is 0 Å². The van der Waals surface area contributed by atoms with Gasteiger partial charge in [-0.2, -0.15) is 0 Å². The van der Waals surface area contributed by atoms with Crippen LogP contribution in [-0.2, 0) is 4.79 Å². The van der Waals surface area contributed by atoms with Crippen molar-refractivity contribution in [1.82, 2.24) is 9.55 Å². The van der Waals surface area contributed by atoms with Gasteiger partial charge in [0.2, 0.25) is 5.95 Å². The Kier molecular flexibility index (Phi) is 5.52. The molecule has 166 valence electrons. The average molecular weight is 459 g/mol. The highest BCUT2D eigenvalue weighted by molar-refractivity contribution is 6.30. The maximum absolute atomic E-state index is 13.6. The van der Waals surface area contributed by atoms with Crippen LogP contribution >= 0.6 is 11.6 Å². The molecule has 0 saturated carbocycles. The standard InChI is InChI=1S/C26H23ClN4O2/c1-3-33-20-14-8-17(9-15-20)24-23(25(32)29-19-12-10-18(27)11-13-19)16(2)28-26-30-21-6-4-5-7-22(21)31(24)26/h4-15,24H,3H2,1-2H3,(H,28,30)(H,29,32). The lowest BCUT2D eigenvalue weighted by molar-refractivity contribution is -0.113. The van der Waals surface area contributed by atoms with E-state index in [2.05, 4.69) is 15.2 Å². The molecule has 1 atom stereocenters. The van der Waals surface area contributed by atoms with Crippen LogP contribution in [0.25, 0.3) is 11.0 Å². The molecule has 1 aliphatic heterocycles. The number of carbonyl (C=O) groups is 1. The van der Waals surface area contributed by atoms with Crippen molar-refractivity contribution >= 4 is 40.2 Å². The fraction of sp³-hybridized carbons (Fsp3) is 0.154. The average Bonchev–Trinajstić information content (AvgIpc) is 3.18. The van der Waals surface area contributed by atoms with E-state index >= 15 is 0 Å². The second kappa shape index (κ2) is 8.64. The minimum absolute atomic E-state index is 0.190. The number of anilines is 2. The van der Waals surface area contributed by atoms with Crippen molar-refractivity contribution in [2.24, 2.45) is 0 Å². The first-order valence-electron chi connectivity index (χ1n) is 10.8. The van der Waals surface area contributed by atoms with E-state index in [0.29, 0.717) is 28.8 Å². The molecule has 0 spiro atoms. The van der Waals surface area contributed by atoms with Crippen molar-refractivity contribution in [3.8, 4) is 5.75 Å². The number of benzene rings is 3. The van der Waals surface area contributed by atoms with Gasteiger partial charge in [-0.1, -0.05) is 35.9 Å². The van der Waals surface area contributed by atoms with Gasteiger partial charge in [0.05, 0.1) is 29.3 Å². The van der Waals surface area contributed by atoms with E-state index in [9.17, 15) is 4.79 Å². The van der Waals surface area contributed by atoms with E-state index in [1.54, 1.807) is 24.3 Å². The van der Waals surface area contributed by atoms with E-state index in [4.69, 9.17) is 21.3 Å². The number of para-hydroxylation sites is 2. The van der Waals surface area contributed by atoms with Gasteiger partial charge in [0, 0.05) is 16.4 Å². The molecule has 0 radical (unpaired) electrons. The zero-order valence-corrected chi connectivity index (χ0v) is 19.1. The van der Waals surface area contributed by atoms with E-state index in [1.165, 1.54) is 0 Å². The summed E-state index contributed by atoms with van der Waals surface area (Å²) < 4.78 is 7.70. The molecular formula is C26H23ClN4O2. The van der Waals surface area contributed by atoms with Gasteiger partial charge < -0.3 is 15.4 Å². The summed E-state index contributed by atoms with van der Waals surface area (Å²) in [6, 6.07) is 22.5. The van der Waals surface area contributed by atoms with Crippen LogP contribution in [0.1, 0.15) is 25.5 Å². The number of allylic oxidation sites excluding steroid dienone is 1. The number of rotatable bonds is 5. The second-order valence-electron chi connectivity index (χ2n) is 7.82. The molecule has 1 aliphatic rings. The first-order valence-corrected chi connectivity index (χ1v) is 11.2. The molecule has 4 aromatic rings. The fourth-order valence-corrected chi connectivity index (χ4v) is 4.34. The molecular weight excluding hydrogens is 436 g/mol. The fourth-order valence-electron chi connectivity index (χ4n) is 4.22. The van der Waals surface area contributed by atoms with Crippen LogP contribution < -0.4 is 15.4 Å². The smallest absolute Gasteiger partial charge is 0.255 e. The summed E-state index contributed by atoms with van der Waals surface area (Å²) in [7, 11) is 0. The predicted octanol–water partition coefficient (Wildman–Crippen LogP) is 6.02. The van der Waals surface area contributed by atoms with Gasteiger partial charge in [-0.25, -0.2) is 4.98 Å². The first kappa shape index (κ1) is 21.1. The van der Waals surface area contributed by atoms with Crippen LogP contribution in [0, 0.1) is 0 Å². The van der Waals surface area contributed by atoms with Crippen LogP contribution in [0.5, 0.6) is 5.75 Å². The van der Waals surface area contributed by atoms with Gasteiger partial charge >= 0.3 is 0 Å². The molecule has 1 unspecified atom stereocenters. The van der Waals surface area contributed by atoms with Crippen molar-refractivity contribution in [3.05, 3.63) is 94.7 Å². The van der Waals surface area contributed by atoms with Gasteiger partial charge in [0.25, 0.3) is 5.91 Å². The lowest BCUT2D eigenvalue weighted by Crippen LogP contribution is -2.30. The van der Waals surface area contributed by atoms with Crippen LogP contribution in [0.2, 0.25) is 5.02 Å². The summed E-state index contributed by atoms with van der Waals surface area (Å²) >= 11 is 6.01. The second-order valence-corrected chi connectivity index (χ2v) is 8.26. The Morgan fingerprint density at radius 2 is 1.82 bits per heavy atom. The van der Waals surface area contributed by atoms with E-state index in [0.717, 1.165) is 28.0 Å². The third-order valence-corrected chi connectivity index (χ3v) is 5.94. The maximum atomic E-state index is 13.6. The Labute approximate surface area is 196 Å². The number of nitrogens with one attached hydrogen (secondary N) is 2. The molecule has 0 fully saturated rings. The molecule has 6 nitrogen and oxygen atoms in total. The van der Waals surface area contributed by atoms with Crippen molar-refractivity contribution in [2.75, 3.05) is 17.2 Å². The molecule has 0 aliphatic carbocycles. The summed E-state index contributed by atoms with van der Waals surface area (Å²) in [6.45, 7) is 4.45. The molecule has 7 heteroatoms. The Balaban J connectivity index is 1.62. The zero-order valence-electron chi connectivity index (χ0n) is 18.3. The van der Waals surface area contributed by atoms with Gasteiger partial charge in [-0.05, 0) is 67.9 Å². The monoisotopic (exact) mass is 458 g/mol. The summed E-state index contributed by atoms with van der Waals surface area (Å²) in [5.41, 5.74) is 4.82. The quantitative estimate of drug-likeness (QED) is 0.384. The highest BCUT2D eigenvalue weighted by atomic mass is 35.5. The molecule has 2 heterocycles. The molecule has 0 bridgehead atoms. The first-order chi connectivity index (χ1) is 16.0. The number of fused-ring (bicyclic) bond motifs is 3. The minimum atomic E-state index is -0.364. The van der Waals surface area contributed by atoms with E-state index < -0.39 is 0 Å². The number of imidazole rings is 1. The SMILES string of the molecule is CCOc1ccc(C2C(C(=O)Nc3ccc(Cl)cc3)=C(C)Nc3nc4ccccc4n32)cc1. The van der Waals surface area contributed by atoms with Gasteiger partial charge in [-0.3, -0.25) is 9.36 Å². The number of nitrogens with zero attached hydrogens (tertiary/aromatic N) is 2. The van der Waals surface area contributed by atoms with Crippen LogP contribution in [-0.4, -0.2) is 22.1 Å². The Morgan fingerprint density at radius 3 is 2.55 bits per heavy atom. The number of halogens is 1. The molecule has 1 amide bonds. The Hall–Kier alpha value is -3.77. The number of hydrogen-bond acceptors (Lipinski definition) is 4. The highest BCUT2D eigenvalue weighted by Crippen LogP contribution is 2.39. The summed E-state index contributed by atoms with van der Waals surface area (Å²) in [4.78, 5) is 18.3. The minimum Gasteiger partial charge on any atom is -0.494 e. The molecule has 2 N–H and O–H groups in total.